The first kappa shape index (κ1) is 11.4. The van der Waals surface area contributed by atoms with Gasteiger partial charge in [-0.25, -0.2) is 4.98 Å². The number of carbonyl (C=O) groups excluding carboxylic acids is 1. The van der Waals surface area contributed by atoms with Crippen LogP contribution in [0.1, 0.15) is 28.5 Å². The zero-order valence-corrected chi connectivity index (χ0v) is 10.9. The van der Waals surface area contributed by atoms with E-state index in [0.29, 0.717) is 11.7 Å². The lowest BCUT2D eigenvalue weighted by molar-refractivity contribution is 0.0782. The van der Waals surface area contributed by atoms with Crippen molar-refractivity contribution in [2.75, 3.05) is 13.1 Å². The smallest absolute Gasteiger partial charge is 0.273 e. The number of amides is 1. The molecule has 2 aromatic heterocycles. The molecule has 0 radical (unpaired) electrons. The van der Waals surface area contributed by atoms with Crippen LogP contribution in [0.15, 0.2) is 23.3 Å². The first-order valence-electron chi connectivity index (χ1n) is 5.92. The second kappa shape index (κ2) is 4.53. The van der Waals surface area contributed by atoms with Crippen molar-refractivity contribution in [2.24, 2.45) is 0 Å². The summed E-state index contributed by atoms with van der Waals surface area (Å²) in [5, 5.41) is 6.12. The lowest BCUT2D eigenvalue weighted by Crippen LogP contribution is -2.29. The Kier molecular flexibility index (Phi) is 2.87. The molecule has 0 saturated carbocycles. The number of carbonyl (C=O) groups is 1. The molecule has 1 atom stereocenters. The number of nitrogens with zero attached hydrogens (tertiary/aromatic N) is 4. The van der Waals surface area contributed by atoms with Crippen LogP contribution >= 0.6 is 11.3 Å². The van der Waals surface area contributed by atoms with E-state index in [2.05, 4.69) is 10.1 Å². The van der Waals surface area contributed by atoms with E-state index in [0.717, 1.165) is 25.1 Å². The van der Waals surface area contributed by atoms with Gasteiger partial charge in [0.05, 0.1) is 17.7 Å². The summed E-state index contributed by atoms with van der Waals surface area (Å²) in [5.74, 6) is 0.0302. The molecule has 1 aliphatic rings. The monoisotopic (exact) mass is 262 g/mol. The van der Waals surface area contributed by atoms with Gasteiger partial charge in [-0.3, -0.25) is 9.48 Å². The third-order valence-electron chi connectivity index (χ3n) is 3.21. The number of likely N-dealkylation sites (tertiary alicyclic amines) is 1. The van der Waals surface area contributed by atoms with Crippen LogP contribution in [0.25, 0.3) is 0 Å². The molecule has 6 heteroatoms. The van der Waals surface area contributed by atoms with Crippen molar-refractivity contribution in [3.05, 3.63) is 34.5 Å². The molecule has 18 heavy (non-hydrogen) atoms. The Morgan fingerprint density at radius 1 is 1.56 bits per heavy atom. The number of hydrogen-bond acceptors (Lipinski definition) is 4. The van der Waals surface area contributed by atoms with Gasteiger partial charge in [0.1, 0.15) is 5.69 Å². The van der Waals surface area contributed by atoms with Gasteiger partial charge >= 0.3 is 0 Å². The third-order valence-corrected chi connectivity index (χ3v) is 3.79. The van der Waals surface area contributed by atoms with Gasteiger partial charge in [0, 0.05) is 24.7 Å². The molecule has 1 amide bonds. The predicted octanol–water partition coefficient (Wildman–Crippen LogP) is 1.74. The fraction of sp³-hybridized carbons (Fsp3) is 0.417. The second-order valence-electron chi connectivity index (χ2n) is 4.57. The van der Waals surface area contributed by atoms with Gasteiger partial charge < -0.3 is 4.90 Å². The lowest BCUT2D eigenvalue weighted by atomic mass is 10.3. The van der Waals surface area contributed by atoms with Gasteiger partial charge in [-0.2, -0.15) is 5.10 Å². The van der Waals surface area contributed by atoms with Gasteiger partial charge in [-0.1, -0.05) is 0 Å². The molecule has 94 valence electrons. The first-order chi connectivity index (χ1) is 8.74. The van der Waals surface area contributed by atoms with Crippen LogP contribution in [0.3, 0.4) is 0 Å². The number of thiazole rings is 1. The zero-order chi connectivity index (χ0) is 12.5. The molecule has 2 aromatic rings. The van der Waals surface area contributed by atoms with E-state index in [4.69, 9.17) is 0 Å². The zero-order valence-electron chi connectivity index (χ0n) is 10.1. The highest BCUT2D eigenvalue weighted by Crippen LogP contribution is 2.22. The fourth-order valence-corrected chi connectivity index (χ4v) is 2.78. The molecule has 0 bridgehead atoms. The molecule has 0 N–H and O–H groups in total. The summed E-state index contributed by atoms with van der Waals surface area (Å²) in [6.45, 7) is 3.52. The standard InChI is InChI=1S/C12H14N4OS/c1-9-4-14-16(5-9)10-2-3-15(6-10)12(17)11-7-18-8-13-11/h4-5,7-8,10H,2-3,6H2,1H3. The minimum absolute atomic E-state index is 0.0302. The van der Waals surface area contributed by atoms with Crippen molar-refractivity contribution in [3.63, 3.8) is 0 Å². The van der Waals surface area contributed by atoms with Crippen LogP contribution < -0.4 is 0 Å². The fourth-order valence-electron chi connectivity index (χ4n) is 2.26. The molecule has 1 unspecified atom stereocenters. The summed E-state index contributed by atoms with van der Waals surface area (Å²) in [4.78, 5) is 18.1. The molecule has 1 fully saturated rings. The van der Waals surface area contributed by atoms with Crippen molar-refractivity contribution in [3.8, 4) is 0 Å². The maximum absolute atomic E-state index is 12.1. The van der Waals surface area contributed by atoms with E-state index in [1.165, 1.54) is 11.3 Å². The highest BCUT2D eigenvalue weighted by Gasteiger charge is 2.29. The number of aromatic nitrogens is 3. The Bertz CT molecular complexity index is 548. The van der Waals surface area contributed by atoms with Crippen molar-refractivity contribution in [1.29, 1.82) is 0 Å². The minimum Gasteiger partial charge on any atom is -0.335 e. The molecular formula is C12H14N4OS. The molecular weight excluding hydrogens is 248 g/mol. The predicted molar refractivity (Wildman–Crippen MR) is 68.6 cm³/mol. The lowest BCUT2D eigenvalue weighted by Gasteiger charge is -2.15. The maximum atomic E-state index is 12.1. The Morgan fingerprint density at radius 2 is 2.44 bits per heavy atom. The third kappa shape index (κ3) is 2.03. The molecule has 3 heterocycles. The van der Waals surface area contributed by atoms with Gasteiger partial charge in [0.2, 0.25) is 0 Å². The molecule has 3 rings (SSSR count). The quantitative estimate of drug-likeness (QED) is 0.828. The Morgan fingerprint density at radius 3 is 3.11 bits per heavy atom. The largest absolute Gasteiger partial charge is 0.335 e. The average Bonchev–Trinajstić information content (AvgIpc) is 3.09. The van der Waals surface area contributed by atoms with Gasteiger partial charge in [0.15, 0.2) is 0 Å². The van der Waals surface area contributed by atoms with E-state index in [-0.39, 0.29) is 5.91 Å². The Hall–Kier alpha value is -1.69. The van der Waals surface area contributed by atoms with E-state index >= 15 is 0 Å². The summed E-state index contributed by atoms with van der Waals surface area (Å²) in [5.41, 5.74) is 3.40. The topological polar surface area (TPSA) is 51.0 Å². The molecule has 1 saturated heterocycles. The van der Waals surface area contributed by atoms with E-state index in [9.17, 15) is 4.79 Å². The van der Waals surface area contributed by atoms with Gasteiger partial charge in [0.25, 0.3) is 5.91 Å². The summed E-state index contributed by atoms with van der Waals surface area (Å²) in [6.07, 6.45) is 4.84. The van der Waals surface area contributed by atoms with Gasteiger partial charge in [-0.05, 0) is 18.9 Å². The SMILES string of the molecule is Cc1cnn(C2CCN(C(=O)c3cscn3)C2)c1. The van der Waals surface area contributed by atoms with E-state index in [1.807, 2.05) is 28.9 Å². The van der Waals surface area contributed by atoms with Crippen LogP contribution in [0, 0.1) is 6.92 Å². The molecule has 1 aliphatic heterocycles. The summed E-state index contributed by atoms with van der Waals surface area (Å²) < 4.78 is 1.96. The van der Waals surface area contributed by atoms with Crippen molar-refractivity contribution in [1.82, 2.24) is 19.7 Å². The average molecular weight is 262 g/mol. The maximum Gasteiger partial charge on any atom is 0.273 e. The number of hydrogen-bond donors (Lipinski definition) is 0. The molecule has 5 nitrogen and oxygen atoms in total. The Labute approximate surface area is 109 Å². The highest BCUT2D eigenvalue weighted by molar-refractivity contribution is 7.07. The van der Waals surface area contributed by atoms with Crippen LogP contribution in [0.5, 0.6) is 0 Å². The number of aryl methyl sites for hydroxylation is 1. The van der Waals surface area contributed by atoms with Gasteiger partial charge in [-0.15, -0.1) is 11.3 Å². The summed E-state index contributed by atoms with van der Waals surface area (Å²) >= 11 is 1.45. The van der Waals surface area contributed by atoms with Crippen molar-refractivity contribution >= 4 is 17.2 Å². The van der Waals surface area contributed by atoms with Crippen molar-refractivity contribution < 1.29 is 4.79 Å². The first-order valence-corrected chi connectivity index (χ1v) is 6.86. The van der Waals surface area contributed by atoms with Crippen molar-refractivity contribution in [2.45, 2.75) is 19.4 Å². The summed E-state index contributed by atoms with van der Waals surface area (Å²) in [6, 6.07) is 0.293. The Balaban J connectivity index is 1.70. The highest BCUT2D eigenvalue weighted by atomic mass is 32.1. The van der Waals surface area contributed by atoms with Crippen LogP contribution in [-0.2, 0) is 0 Å². The van der Waals surface area contributed by atoms with Crippen LogP contribution in [0.4, 0.5) is 0 Å². The molecule has 0 aromatic carbocycles. The number of rotatable bonds is 2. The molecule has 0 spiro atoms. The van der Waals surface area contributed by atoms with E-state index < -0.39 is 0 Å². The second-order valence-corrected chi connectivity index (χ2v) is 5.28. The van der Waals surface area contributed by atoms with E-state index in [1.54, 1.807) is 10.9 Å². The normalized spacial score (nSPS) is 19.4. The summed E-state index contributed by atoms with van der Waals surface area (Å²) in [7, 11) is 0. The minimum atomic E-state index is 0.0302. The van der Waals surface area contributed by atoms with Crippen LogP contribution in [-0.4, -0.2) is 38.7 Å². The molecule has 0 aliphatic carbocycles. The van der Waals surface area contributed by atoms with Crippen LogP contribution in [0.2, 0.25) is 0 Å².